The molecule has 0 spiro atoms. The number of benzene rings is 1. The summed E-state index contributed by atoms with van der Waals surface area (Å²) in [5, 5.41) is 17.9. The maximum absolute atomic E-state index is 12.5. The second kappa shape index (κ2) is 11.5. The molecule has 3 aromatic rings. The number of piperazine rings is 1. The molecule has 1 N–H and O–H groups in total. The molecular formula is C29H37N9O2. The number of aromatic amines is 1. The minimum atomic E-state index is -0.242. The lowest BCUT2D eigenvalue weighted by molar-refractivity contribution is -0.128. The maximum Gasteiger partial charge on any atom is 0.318 e. The van der Waals surface area contributed by atoms with Crippen molar-refractivity contribution >= 4 is 28.3 Å². The highest BCUT2D eigenvalue weighted by molar-refractivity contribution is 5.93. The predicted molar refractivity (Wildman–Crippen MR) is 154 cm³/mol. The average molecular weight is 544 g/mol. The predicted octanol–water partition coefficient (Wildman–Crippen LogP) is 2.67. The van der Waals surface area contributed by atoms with Crippen LogP contribution < -0.4 is 14.5 Å². The molecule has 0 radical (unpaired) electrons. The third-order valence-electron chi connectivity index (χ3n) is 7.63. The Bertz CT molecular complexity index is 1440. The maximum atomic E-state index is 12.5. The first-order valence-electron chi connectivity index (χ1n) is 13.7. The highest BCUT2D eigenvalue weighted by atomic mass is 16.5. The highest BCUT2D eigenvalue weighted by Crippen LogP contribution is 2.36. The van der Waals surface area contributed by atoms with Crippen LogP contribution in [0.25, 0.3) is 10.9 Å². The molecule has 0 bridgehead atoms. The normalized spacial score (nSPS) is 18.0. The van der Waals surface area contributed by atoms with Gasteiger partial charge in [0.05, 0.1) is 48.2 Å². The van der Waals surface area contributed by atoms with Gasteiger partial charge in [-0.3, -0.25) is 9.89 Å². The molecule has 0 aliphatic carbocycles. The molecule has 40 heavy (non-hydrogen) atoms. The molecule has 2 aliphatic heterocycles. The number of amides is 1. The summed E-state index contributed by atoms with van der Waals surface area (Å²) in [6.45, 7) is 11.6. The lowest BCUT2D eigenvalue weighted by Crippen LogP contribution is -2.55. The van der Waals surface area contributed by atoms with Crippen LogP contribution in [0.4, 0.5) is 11.5 Å². The second-order valence-corrected chi connectivity index (χ2v) is 10.9. The van der Waals surface area contributed by atoms with E-state index in [-0.39, 0.29) is 24.5 Å². The molecule has 4 heterocycles. The van der Waals surface area contributed by atoms with Gasteiger partial charge in [0.1, 0.15) is 11.9 Å². The lowest BCUT2D eigenvalue weighted by atomic mass is 10.0. The van der Waals surface area contributed by atoms with Crippen LogP contribution in [-0.2, 0) is 17.8 Å². The molecule has 1 saturated heterocycles. The number of fused-ring (bicyclic) bond motifs is 2. The van der Waals surface area contributed by atoms with Crippen LogP contribution in [0.3, 0.4) is 0 Å². The van der Waals surface area contributed by atoms with Crippen molar-refractivity contribution in [3.8, 4) is 12.1 Å². The van der Waals surface area contributed by atoms with Crippen LogP contribution in [0, 0.1) is 18.3 Å². The zero-order valence-electron chi connectivity index (χ0n) is 23.7. The molecule has 210 valence electrons. The van der Waals surface area contributed by atoms with Gasteiger partial charge in [0, 0.05) is 43.7 Å². The number of H-pyrrole nitrogens is 1. The van der Waals surface area contributed by atoms with Crippen molar-refractivity contribution in [3.05, 3.63) is 47.8 Å². The molecular weight excluding hydrogens is 506 g/mol. The topological polar surface area (TPSA) is 118 Å². The number of hydrogen-bond donors (Lipinski definition) is 1. The van der Waals surface area contributed by atoms with Crippen molar-refractivity contribution in [2.45, 2.75) is 45.4 Å². The van der Waals surface area contributed by atoms with E-state index in [1.54, 1.807) is 4.90 Å². The number of carbonyl (C=O) groups excluding carboxylic acids is 1. The molecule has 1 fully saturated rings. The van der Waals surface area contributed by atoms with Crippen molar-refractivity contribution in [1.82, 2.24) is 30.0 Å². The van der Waals surface area contributed by atoms with E-state index in [1.807, 2.05) is 27.2 Å². The summed E-state index contributed by atoms with van der Waals surface area (Å²) in [5.74, 6) is 0.689. The Labute approximate surface area is 235 Å². The molecule has 0 saturated carbocycles. The van der Waals surface area contributed by atoms with Gasteiger partial charge in [-0.1, -0.05) is 12.6 Å². The monoisotopic (exact) mass is 543 g/mol. The first-order chi connectivity index (χ1) is 19.3. The third kappa shape index (κ3) is 5.45. The number of anilines is 2. The number of nitriles is 1. The van der Waals surface area contributed by atoms with Crippen LogP contribution in [-0.4, -0.2) is 94.8 Å². The van der Waals surface area contributed by atoms with Crippen molar-refractivity contribution in [3.63, 3.8) is 0 Å². The smallest absolute Gasteiger partial charge is 0.318 e. The number of hydrogen-bond acceptors (Lipinski definition) is 9. The number of nitrogens with zero attached hydrogens (tertiary/aromatic N) is 8. The average Bonchev–Trinajstić information content (AvgIpc) is 3.40. The molecule has 1 aromatic carbocycles. The van der Waals surface area contributed by atoms with Crippen LogP contribution in [0.2, 0.25) is 0 Å². The highest BCUT2D eigenvalue weighted by Gasteiger charge is 2.33. The standard InChI is InChI=1S/C29H37N9O2/c1-6-26(39)38-14-13-37(17-21(38)9-11-30)28-22-10-12-36(27-19(2)7-8-24-23(27)15-31-34-24)18-25(22)32-29(33-28)40-20(3)16-35(4)5/h6-8,15,20-21H,1,9-10,12-14,16-18H2,2-5H3,(H,31,34)/t20-,21?/m1/s1. The van der Waals surface area contributed by atoms with Crippen LogP contribution in [0.5, 0.6) is 6.01 Å². The van der Waals surface area contributed by atoms with E-state index >= 15 is 0 Å². The summed E-state index contributed by atoms with van der Waals surface area (Å²) < 4.78 is 6.24. The Balaban J connectivity index is 1.51. The van der Waals surface area contributed by atoms with Gasteiger partial charge < -0.3 is 24.3 Å². The molecule has 1 amide bonds. The van der Waals surface area contributed by atoms with E-state index in [0.717, 1.165) is 53.2 Å². The SMILES string of the molecule is C=CC(=O)N1CCN(c2nc(O[C@H](C)CN(C)C)nc3c2CCN(c2c(C)ccc4[nH]ncc24)C3)CC1CC#N. The molecule has 2 aliphatic rings. The summed E-state index contributed by atoms with van der Waals surface area (Å²) >= 11 is 0. The minimum Gasteiger partial charge on any atom is -0.459 e. The Morgan fingerprint density at radius 2 is 2.12 bits per heavy atom. The van der Waals surface area contributed by atoms with Gasteiger partial charge in [-0.2, -0.15) is 20.3 Å². The summed E-state index contributed by atoms with van der Waals surface area (Å²) in [6, 6.07) is 6.54. The van der Waals surface area contributed by atoms with E-state index in [9.17, 15) is 10.1 Å². The summed E-state index contributed by atoms with van der Waals surface area (Å²) in [4.78, 5) is 30.7. The number of nitrogens with one attached hydrogen (secondary N) is 1. The number of likely N-dealkylation sites (N-methyl/N-ethyl adjacent to an activating group) is 1. The van der Waals surface area contributed by atoms with Crippen LogP contribution in [0.1, 0.15) is 30.2 Å². The summed E-state index contributed by atoms with van der Waals surface area (Å²) in [6.07, 6.45) is 4.11. The van der Waals surface area contributed by atoms with Crippen molar-refractivity contribution < 1.29 is 9.53 Å². The molecule has 11 heteroatoms. The van der Waals surface area contributed by atoms with Gasteiger partial charge >= 0.3 is 6.01 Å². The summed E-state index contributed by atoms with van der Waals surface area (Å²) in [7, 11) is 4.02. The van der Waals surface area contributed by atoms with Crippen molar-refractivity contribution in [2.75, 3.05) is 56.6 Å². The summed E-state index contributed by atoms with van der Waals surface area (Å²) in [5.41, 5.74) is 5.38. The third-order valence-corrected chi connectivity index (χ3v) is 7.63. The van der Waals surface area contributed by atoms with Gasteiger partial charge in [-0.25, -0.2) is 0 Å². The zero-order valence-corrected chi connectivity index (χ0v) is 23.7. The first-order valence-corrected chi connectivity index (χ1v) is 13.7. The van der Waals surface area contributed by atoms with Gasteiger partial charge in [0.15, 0.2) is 0 Å². The van der Waals surface area contributed by atoms with E-state index < -0.39 is 0 Å². The Kier molecular flexibility index (Phi) is 7.89. The quantitative estimate of drug-likeness (QED) is 0.428. The van der Waals surface area contributed by atoms with Crippen molar-refractivity contribution in [2.24, 2.45) is 0 Å². The molecule has 1 unspecified atom stereocenters. The zero-order chi connectivity index (χ0) is 28.4. The van der Waals surface area contributed by atoms with Gasteiger partial charge in [-0.15, -0.1) is 0 Å². The second-order valence-electron chi connectivity index (χ2n) is 10.9. The number of aromatic nitrogens is 4. The van der Waals surface area contributed by atoms with Crippen molar-refractivity contribution in [1.29, 1.82) is 5.26 Å². The van der Waals surface area contributed by atoms with Gasteiger partial charge in [0.25, 0.3) is 0 Å². The number of carbonyl (C=O) groups is 1. The van der Waals surface area contributed by atoms with Crippen LogP contribution >= 0.6 is 0 Å². The van der Waals surface area contributed by atoms with Gasteiger partial charge in [0.2, 0.25) is 5.91 Å². The largest absolute Gasteiger partial charge is 0.459 e. The van der Waals surface area contributed by atoms with E-state index in [4.69, 9.17) is 14.7 Å². The van der Waals surface area contributed by atoms with Gasteiger partial charge in [-0.05, 0) is 52.1 Å². The fourth-order valence-corrected chi connectivity index (χ4v) is 5.89. The lowest BCUT2D eigenvalue weighted by Gasteiger charge is -2.42. The molecule has 11 nitrogen and oxygen atoms in total. The number of ether oxygens (including phenoxy) is 1. The molecule has 2 atom stereocenters. The van der Waals surface area contributed by atoms with Crippen LogP contribution in [0.15, 0.2) is 31.0 Å². The van der Waals surface area contributed by atoms with E-state index in [1.165, 1.54) is 11.6 Å². The Morgan fingerprint density at radius 1 is 1.30 bits per heavy atom. The minimum absolute atomic E-state index is 0.101. The van der Waals surface area contributed by atoms with E-state index in [0.29, 0.717) is 32.2 Å². The number of rotatable bonds is 8. The Hall–Kier alpha value is -4.17. The molecule has 5 rings (SSSR count). The molecule has 2 aromatic heterocycles. The number of aryl methyl sites for hydroxylation is 1. The first kappa shape index (κ1) is 27.4. The van der Waals surface area contributed by atoms with E-state index in [2.05, 4.69) is 56.6 Å². The fraction of sp³-hybridized carbons (Fsp3) is 0.483. The Morgan fingerprint density at radius 3 is 2.88 bits per heavy atom. The fourth-order valence-electron chi connectivity index (χ4n) is 5.89.